The molecule has 0 atom stereocenters. The molecule has 1 aromatic heterocycles. The van der Waals surface area contributed by atoms with E-state index < -0.39 is 0 Å². The number of carbonyl (C=O) groups excluding carboxylic acids is 2. The SMILES string of the molecule is CCn1c(CC(=O)Nc2cccc(Cl)c2Cl)nnc1SCC(=O)Nc1ccccc1. The van der Waals surface area contributed by atoms with Crippen LogP contribution in [0.1, 0.15) is 12.7 Å². The van der Waals surface area contributed by atoms with Gasteiger partial charge in [0, 0.05) is 12.2 Å². The fourth-order valence-corrected chi connectivity index (χ4v) is 3.83. The van der Waals surface area contributed by atoms with E-state index in [1.807, 2.05) is 37.3 Å². The van der Waals surface area contributed by atoms with Gasteiger partial charge in [-0.05, 0) is 31.2 Å². The molecule has 156 valence electrons. The first-order valence-corrected chi connectivity index (χ1v) is 10.9. The normalized spacial score (nSPS) is 10.6. The van der Waals surface area contributed by atoms with Crippen LogP contribution in [-0.2, 0) is 22.6 Å². The maximum atomic E-state index is 12.4. The largest absolute Gasteiger partial charge is 0.325 e. The summed E-state index contributed by atoms with van der Waals surface area (Å²) in [5.41, 5.74) is 1.17. The van der Waals surface area contributed by atoms with E-state index >= 15 is 0 Å². The van der Waals surface area contributed by atoms with Crippen molar-refractivity contribution in [2.45, 2.75) is 25.0 Å². The first kappa shape index (κ1) is 22.1. The maximum Gasteiger partial charge on any atom is 0.234 e. The molecule has 3 rings (SSSR count). The third-order valence-electron chi connectivity index (χ3n) is 4.04. The standard InChI is InChI=1S/C20H19Cl2N5O2S/c1-2-27-16(11-17(28)24-15-10-6-9-14(21)19(15)22)25-26-20(27)30-12-18(29)23-13-7-4-3-5-8-13/h3-10H,2,11-12H2,1H3,(H,23,29)(H,24,28). The number of para-hydroxylation sites is 1. The summed E-state index contributed by atoms with van der Waals surface area (Å²) in [5, 5.41) is 15.0. The fraction of sp³-hybridized carbons (Fsp3) is 0.200. The smallest absolute Gasteiger partial charge is 0.234 e. The Hall–Kier alpha value is -2.55. The number of benzene rings is 2. The van der Waals surface area contributed by atoms with E-state index in [1.54, 1.807) is 22.8 Å². The molecule has 2 amide bonds. The number of aromatic nitrogens is 3. The van der Waals surface area contributed by atoms with E-state index in [-0.39, 0.29) is 29.0 Å². The summed E-state index contributed by atoms with van der Waals surface area (Å²) in [6.07, 6.45) is 0.0143. The van der Waals surface area contributed by atoms with E-state index in [4.69, 9.17) is 23.2 Å². The lowest BCUT2D eigenvalue weighted by Gasteiger charge is -2.09. The molecule has 0 aliphatic rings. The van der Waals surface area contributed by atoms with Crippen LogP contribution in [0.25, 0.3) is 0 Å². The van der Waals surface area contributed by atoms with Crippen LogP contribution in [0.4, 0.5) is 11.4 Å². The van der Waals surface area contributed by atoms with E-state index in [1.165, 1.54) is 11.8 Å². The second kappa shape index (κ2) is 10.5. The second-order valence-corrected chi connectivity index (χ2v) is 7.90. The number of halogens is 2. The lowest BCUT2D eigenvalue weighted by atomic mass is 10.3. The van der Waals surface area contributed by atoms with Gasteiger partial charge < -0.3 is 15.2 Å². The average Bonchev–Trinajstić information content (AvgIpc) is 3.12. The minimum absolute atomic E-state index is 0.0143. The quantitative estimate of drug-likeness (QED) is 0.479. The van der Waals surface area contributed by atoms with Gasteiger partial charge in [0.2, 0.25) is 11.8 Å². The molecule has 0 aliphatic carbocycles. The molecule has 10 heteroatoms. The van der Waals surface area contributed by atoms with Crippen LogP contribution in [0.5, 0.6) is 0 Å². The highest BCUT2D eigenvalue weighted by atomic mass is 35.5. The van der Waals surface area contributed by atoms with Gasteiger partial charge >= 0.3 is 0 Å². The zero-order valence-electron chi connectivity index (χ0n) is 16.1. The van der Waals surface area contributed by atoms with Crippen molar-refractivity contribution >= 4 is 58.2 Å². The van der Waals surface area contributed by atoms with Crippen molar-refractivity contribution in [3.63, 3.8) is 0 Å². The van der Waals surface area contributed by atoms with Crippen molar-refractivity contribution < 1.29 is 9.59 Å². The summed E-state index contributed by atoms with van der Waals surface area (Å²) in [6, 6.07) is 14.2. The van der Waals surface area contributed by atoms with Crippen molar-refractivity contribution in [1.29, 1.82) is 0 Å². The van der Waals surface area contributed by atoms with Crippen molar-refractivity contribution in [3.8, 4) is 0 Å². The van der Waals surface area contributed by atoms with E-state index in [0.29, 0.717) is 28.2 Å². The Morgan fingerprint density at radius 1 is 1.00 bits per heavy atom. The third kappa shape index (κ3) is 5.75. The van der Waals surface area contributed by atoms with Gasteiger partial charge in [-0.1, -0.05) is 59.2 Å². The van der Waals surface area contributed by atoms with Crippen LogP contribution in [0.2, 0.25) is 10.0 Å². The van der Waals surface area contributed by atoms with Gasteiger partial charge in [-0.25, -0.2) is 0 Å². The van der Waals surface area contributed by atoms with Crippen molar-refractivity contribution in [1.82, 2.24) is 14.8 Å². The molecular formula is C20H19Cl2N5O2S. The van der Waals surface area contributed by atoms with Gasteiger partial charge in [0.1, 0.15) is 5.82 Å². The highest BCUT2D eigenvalue weighted by Crippen LogP contribution is 2.29. The zero-order valence-corrected chi connectivity index (χ0v) is 18.4. The average molecular weight is 464 g/mol. The number of amides is 2. The first-order chi connectivity index (χ1) is 14.5. The second-order valence-electron chi connectivity index (χ2n) is 6.17. The van der Waals surface area contributed by atoms with Crippen LogP contribution in [0.3, 0.4) is 0 Å². The van der Waals surface area contributed by atoms with E-state index in [0.717, 1.165) is 5.69 Å². The zero-order chi connectivity index (χ0) is 21.5. The van der Waals surface area contributed by atoms with Gasteiger partial charge in [-0.2, -0.15) is 0 Å². The molecule has 1 heterocycles. The molecule has 0 aliphatic heterocycles. The van der Waals surface area contributed by atoms with Crippen molar-refractivity contribution in [2.24, 2.45) is 0 Å². The van der Waals surface area contributed by atoms with Crippen LogP contribution in [0, 0.1) is 0 Å². The number of carbonyl (C=O) groups is 2. The fourth-order valence-electron chi connectivity index (χ4n) is 2.66. The molecule has 3 aromatic rings. The molecule has 2 aromatic carbocycles. The Balaban J connectivity index is 1.60. The summed E-state index contributed by atoms with van der Waals surface area (Å²) >= 11 is 13.3. The molecule has 7 nitrogen and oxygen atoms in total. The molecule has 2 N–H and O–H groups in total. The molecule has 0 bridgehead atoms. The lowest BCUT2D eigenvalue weighted by molar-refractivity contribution is -0.116. The lowest BCUT2D eigenvalue weighted by Crippen LogP contribution is -2.18. The third-order valence-corrected chi connectivity index (χ3v) is 5.83. The number of hydrogen-bond acceptors (Lipinski definition) is 5. The highest BCUT2D eigenvalue weighted by Gasteiger charge is 2.17. The molecule has 0 saturated heterocycles. The Kier molecular flexibility index (Phi) is 7.73. The number of rotatable bonds is 8. The molecule has 0 saturated carbocycles. The minimum Gasteiger partial charge on any atom is -0.325 e. The predicted molar refractivity (Wildman–Crippen MR) is 120 cm³/mol. The maximum absolute atomic E-state index is 12.4. The molecule has 30 heavy (non-hydrogen) atoms. The van der Waals surface area contributed by atoms with Crippen LogP contribution >= 0.6 is 35.0 Å². The van der Waals surface area contributed by atoms with Crippen molar-refractivity contribution in [3.05, 3.63) is 64.4 Å². The van der Waals surface area contributed by atoms with Crippen LogP contribution < -0.4 is 10.6 Å². The van der Waals surface area contributed by atoms with Gasteiger partial charge in [0.15, 0.2) is 5.16 Å². The Morgan fingerprint density at radius 3 is 2.50 bits per heavy atom. The Labute approximate surface area is 188 Å². The number of nitrogens with one attached hydrogen (secondary N) is 2. The predicted octanol–water partition coefficient (Wildman–Crippen LogP) is 4.52. The number of nitrogens with zero attached hydrogens (tertiary/aromatic N) is 3. The van der Waals surface area contributed by atoms with Crippen molar-refractivity contribution in [2.75, 3.05) is 16.4 Å². The Bertz CT molecular complexity index is 1040. The summed E-state index contributed by atoms with van der Waals surface area (Å²) in [6.45, 7) is 2.49. The number of hydrogen-bond donors (Lipinski definition) is 2. The monoisotopic (exact) mass is 463 g/mol. The molecule has 0 fully saturated rings. The molecular weight excluding hydrogens is 445 g/mol. The molecule has 0 unspecified atom stereocenters. The van der Waals surface area contributed by atoms with Gasteiger partial charge in [0.05, 0.1) is 27.9 Å². The summed E-state index contributed by atoms with van der Waals surface area (Å²) in [7, 11) is 0. The van der Waals surface area contributed by atoms with Crippen LogP contribution in [0.15, 0.2) is 53.7 Å². The van der Waals surface area contributed by atoms with E-state index in [2.05, 4.69) is 20.8 Å². The number of thioether (sulfide) groups is 1. The topological polar surface area (TPSA) is 88.9 Å². The van der Waals surface area contributed by atoms with Gasteiger partial charge in [-0.3, -0.25) is 9.59 Å². The van der Waals surface area contributed by atoms with Crippen LogP contribution in [-0.4, -0.2) is 32.3 Å². The van der Waals surface area contributed by atoms with Gasteiger partial charge in [0.25, 0.3) is 0 Å². The Morgan fingerprint density at radius 2 is 1.77 bits per heavy atom. The summed E-state index contributed by atoms with van der Waals surface area (Å²) < 4.78 is 1.81. The summed E-state index contributed by atoms with van der Waals surface area (Å²) in [4.78, 5) is 24.6. The van der Waals surface area contributed by atoms with E-state index in [9.17, 15) is 9.59 Å². The molecule has 0 spiro atoms. The van der Waals surface area contributed by atoms with Gasteiger partial charge in [-0.15, -0.1) is 10.2 Å². The first-order valence-electron chi connectivity index (χ1n) is 9.11. The minimum atomic E-state index is -0.292. The highest BCUT2D eigenvalue weighted by molar-refractivity contribution is 7.99. The molecule has 0 radical (unpaired) electrons. The summed E-state index contributed by atoms with van der Waals surface area (Å²) in [5.74, 6) is 0.239. The number of anilines is 2.